The molecule has 0 unspecified atom stereocenters. The van der Waals surface area contributed by atoms with Crippen molar-refractivity contribution in [3.63, 3.8) is 0 Å². The summed E-state index contributed by atoms with van der Waals surface area (Å²) in [4.78, 5) is 2.90. The van der Waals surface area contributed by atoms with Gasteiger partial charge in [0, 0.05) is 5.56 Å². The first-order valence-corrected chi connectivity index (χ1v) is 8.01. The molecule has 0 saturated carbocycles. The van der Waals surface area contributed by atoms with E-state index in [1.807, 2.05) is 0 Å². The zero-order valence-corrected chi connectivity index (χ0v) is 13.5. The molecule has 0 bridgehead atoms. The normalized spacial score (nSPS) is 11.6. The van der Waals surface area contributed by atoms with Gasteiger partial charge in [-0.05, 0) is 24.3 Å². The summed E-state index contributed by atoms with van der Waals surface area (Å²) in [6, 6.07) is 8.04. The van der Waals surface area contributed by atoms with E-state index in [0.29, 0.717) is 22.3 Å². The van der Waals surface area contributed by atoms with Gasteiger partial charge in [0.25, 0.3) is 0 Å². The van der Waals surface area contributed by atoms with Crippen molar-refractivity contribution in [2.45, 2.75) is 11.3 Å². The van der Waals surface area contributed by atoms with E-state index in [4.69, 9.17) is 9.52 Å². The Kier molecular flexibility index (Phi) is 4.58. The lowest BCUT2D eigenvalue weighted by molar-refractivity contribution is -0.137. The molecule has 25 heavy (non-hydrogen) atoms. The van der Waals surface area contributed by atoms with Crippen LogP contribution >= 0.6 is 11.8 Å². The molecule has 0 fully saturated rings. The van der Waals surface area contributed by atoms with Crippen molar-refractivity contribution >= 4 is 11.8 Å². The zero-order valence-electron chi connectivity index (χ0n) is 12.7. The van der Waals surface area contributed by atoms with Gasteiger partial charge < -0.3 is 14.5 Å². The fraction of sp³-hybridized carbons (Fsp3) is 0.125. The highest BCUT2D eigenvalue weighted by molar-refractivity contribution is 7.99. The molecule has 0 amide bonds. The number of alkyl halides is 3. The third kappa shape index (κ3) is 4.05. The number of aliphatic hydroxyl groups excluding tert-OH is 1. The standard InChI is InChI=1S/C16H12F3N3O2S/c1-9(23)8-25-15-20-14(21-22-15)13-6-5-12(24-13)10-3-2-4-11(7-10)16(17,18)19/h2-7,23H,1,8H2,(H,20,21,22). The largest absolute Gasteiger partial charge is 0.512 e. The maximum atomic E-state index is 12.8. The van der Waals surface area contributed by atoms with Crippen LogP contribution in [0.3, 0.4) is 0 Å². The van der Waals surface area contributed by atoms with E-state index in [1.165, 1.54) is 23.9 Å². The van der Waals surface area contributed by atoms with Gasteiger partial charge in [0.05, 0.1) is 17.1 Å². The highest BCUT2D eigenvalue weighted by Crippen LogP contribution is 2.33. The van der Waals surface area contributed by atoms with Crippen LogP contribution in [0, 0.1) is 0 Å². The minimum absolute atomic E-state index is 0.00720. The zero-order chi connectivity index (χ0) is 18.0. The molecule has 3 rings (SSSR count). The van der Waals surface area contributed by atoms with Crippen molar-refractivity contribution in [1.82, 2.24) is 15.2 Å². The second-order valence-corrected chi connectivity index (χ2v) is 6.04. The van der Waals surface area contributed by atoms with Crippen molar-refractivity contribution in [2.24, 2.45) is 0 Å². The highest BCUT2D eigenvalue weighted by Gasteiger charge is 2.30. The molecule has 130 valence electrons. The lowest BCUT2D eigenvalue weighted by atomic mass is 10.1. The first-order valence-electron chi connectivity index (χ1n) is 7.03. The number of rotatable bonds is 5. The van der Waals surface area contributed by atoms with Crippen LogP contribution in [-0.4, -0.2) is 26.0 Å². The average Bonchev–Trinajstić information content (AvgIpc) is 3.21. The Hall–Kier alpha value is -2.68. The van der Waals surface area contributed by atoms with Crippen molar-refractivity contribution in [3.05, 3.63) is 54.3 Å². The maximum Gasteiger partial charge on any atom is 0.416 e. The van der Waals surface area contributed by atoms with E-state index in [-0.39, 0.29) is 17.3 Å². The average molecular weight is 367 g/mol. The minimum atomic E-state index is -4.42. The first kappa shape index (κ1) is 17.2. The van der Waals surface area contributed by atoms with E-state index in [0.717, 1.165) is 12.1 Å². The van der Waals surface area contributed by atoms with Gasteiger partial charge in [-0.15, -0.1) is 10.2 Å². The Labute approximate surface area is 144 Å². The number of thioether (sulfide) groups is 1. The molecule has 3 aromatic rings. The van der Waals surface area contributed by atoms with E-state index in [2.05, 4.69) is 21.8 Å². The maximum absolute atomic E-state index is 12.8. The SMILES string of the molecule is C=C(O)CSc1nnc(-c2ccc(-c3cccc(C(F)(F)F)c3)o2)[nH]1. The highest BCUT2D eigenvalue weighted by atomic mass is 32.2. The van der Waals surface area contributed by atoms with Crippen LogP contribution in [0.25, 0.3) is 22.9 Å². The number of aromatic nitrogens is 3. The Bertz CT molecular complexity index is 902. The minimum Gasteiger partial charge on any atom is -0.512 e. The predicted octanol–water partition coefficient (Wildman–Crippen LogP) is 4.91. The first-order chi connectivity index (χ1) is 11.8. The molecule has 5 nitrogen and oxygen atoms in total. The van der Waals surface area contributed by atoms with E-state index in [1.54, 1.807) is 12.1 Å². The molecule has 0 aliphatic rings. The summed E-state index contributed by atoms with van der Waals surface area (Å²) in [6.07, 6.45) is -4.42. The van der Waals surface area contributed by atoms with Gasteiger partial charge in [-0.3, -0.25) is 0 Å². The molecule has 2 heterocycles. The van der Waals surface area contributed by atoms with Crippen LogP contribution in [0.15, 0.2) is 58.3 Å². The quantitative estimate of drug-likeness (QED) is 0.495. The van der Waals surface area contributed by atoms with E-state index in [9.17, 15) is 13.2 Å². The number of furan rings is 1. The Morgan fingerprint density at radius 1 is 1.20 bits per heavy atom. The lowest BCUT2D eigenvalue weighted by Gasteiger charge is -2.07. The molecule has 0 radical (unpaired) electrons. The molecule has 0 spiro atoms. The molecular formula is C16H12F3N3O2S. The van der Waals surface area contributed by atoms with Crippen LogP contribution < -0.4 is 0 Å². The van der Waals surface area contributed by atoms with E-state index >= 15 is 0 Å². The molecule has 9 heteroatoms. The molecule has 0 atom stereocenters. The molecule has 1 aromatic carbocycles. The summed E-state index contributed by atoms with van der Waals surface area (Å²) in [6.45, 7) is 3.37. The second-order valence-electron chi connectivity index (χ2n) is 5.08. The van der Waals surface area contributed by atoms with Crippen molar-refractivity contribution in [3.8, 4) is 22.9 Å². The molecule has 0 aliphatic heterocycles. The van der Waals surface area contributed by atoms with Crippen molar-refractivity contribution in [2.75, 3.05) is 5.75 Å². The topological polar surface area (TPSA) is 74.9 Å². The molecular weight excluding hydrogens is 355 g/mol. The number of hydrogen-bond acceptors (Lipinski definition) is 5. The van der Waals surface area contributed by atoms with Crippen molar-refractivity contribution in [1.29, 1.82) is 0 Å². The van der Waals surface area contributed by atoms with Gasteiger partial charge in [0.15, 0.2) is 16.7 Å². The van der Waals surface area contributed by atoms with Crippen LogP contribution in [0.1, 0.15) is 5.56 Å². The van der Waals surface area contributed by atoms with Gasteiger partial charge in [0.2, 0.25) is 0 Å². The molecule has 0 aliphatic carbocycles. The van der Waals surface area contributed by atoms with Gasteiger partial charge in [-0.25, -0.2) is 0 Å². The second kappa shape index (κ2) is 6.67. The molecule has 0 saturated heterocycles. The Morgan fingerprint density at radius 3 is 2.68 bits per heavy atom. The number of nitrogens with zero attached hydrogens (tertiary/aromatic N) is 2. The summed E-state index contributed by atoms with van der Waals surface area (Å²) >= 11 is 1.21. The fourth-order valence-electron chi connectivity index (χ4n) is 2.04. The number of H-pyrrole nitrogens is 1. The van der Waals surface area contributed by atoms with Crippen molar-refractivity contribution < 1.29 is 22.7 Å². The van der Waals surface area contributed by atoms with Crippen LogP contribution in [0.2, 0.25) is 0 Å². The monoisotopic (exact) mass is 367 g/mol. The third-order valence-corrected chi connectivity index (χ3v) is 4.09. The van der Waals surface area contributed by atoms with Crippen LogP contribution in [-0.2, 0) is 6.18 Å². The summed E-state index contributed by atoms with van der Waals surface area (Å²) in [7, 11) is 0. The molecule has 2 N–H and O–H groups in total. The number of nitrogens with one attached hydrogen (secondary N) is 1. The molecule has 2 aromatic heterocycles. The number of benzene rings is 1. The summed E-state index contributed by atoms with van der Waals surface area (Å²) < 4.78 is 44.0. The number of aromatic amines is 1. The number of halogens is 3. The summed E-state index contributed by atoms with van der Waals surface area (Å²) in [5, 5.41) is 17.3. The third-order valence-electron chi connectivity index (χ3n) is 3.16. The van der Waals surface area contributed by atoms with Gasteiger partial charge in [-0.2, -0.15) is 13.2 Å². The Balaban J connectivity index is 1.82. The smallest absolute Gasteiger partial charge is 0.416 e. The van der Waals surface area contributed by atoms with E-state index < -0.39 is 11.7 Å². The van der Waals surface area contributed by atoms with Crippen LogP contribution in [0.5, 0.6) is 0 Å². The number of hydrogen-bond donors (Lipinski definition) is 2. The summed E-state index contributed by atoms with van der Waals surface area (Å²) in [5.74, 6) is 1.24. The fourth-order valence-corrected chi connectivity index (χ4v) is 2.61. The predicted molar refractivity (Wildman–Crippen MR) is 87.0 cm³/mol. The van der Waals surface area contributed by atoms with Gasteiger partial charge >= 0.3 is 6.18 Å². The van der Waals surface area contributed by atoms with Crippen LogP contribution in [0.4, 0.5) is 13.2 Å². The summed E-state index contributed by atoms with van der Waals surface area (Å²) in [5.41, 5.74) is -0.433. The number of aliphatic hydroxyl groups is 1. The van der Waals surface area contributed by atoms with Gasteiger partial charge in [0.1, 0.15) is 5.76 Å². The lowest BCUT2D eigenvalue weighted by Crippen LogP contribution is -2.04. The Morgan fingerprint density at radius 2 is 1.96 bits per heavy atom. The van der Waals surface area contributed by atoms with Gasteiger partial charge in [-0.1, -0.05) is 30.5 Å².